The highest BCUT2D eigenvalue weighted by Gasteiger charge is 2.15. The van der Waals surface area contributed by atoms with E-state index in [1.54, 1.807) is 0 Å². The summed E-state index contributed by atoms with van der Waals surface area (Å²) in [5.41, 5.74) is 0.942. The maximum atomic E-state index is 11.3. The largest absolute Gasteiger partial charge is 0.455 e. The normalized spacial score (nSPS) is 13.2. The van der Waals surface area contributed by atoms with Gasteiger partial charge in [-0.25, -0.2) is 15.1 Å². The van der Waals surface area contributed by atoms with Crippen LogP contribution >= 0.6 is 0 Å². The average Bonchev–Trinajstić information content (AvgIpc) is 2.81. The molecule has 0 aliphatic carbocycles. The van der Waals surface area contributed by atoms with Gasteiger partial charge in [-0.1, -0.05) is 30.3 Å². The molecule has 0 unspecified atom stereocenters. The summed E-state index contributed by atoms with van der Waals surface area (Å²) in [5.74, 6) is -0.394. The highest BCUT2D eigenvalue weighted by molar-refractivity contribution is 6.36. The predicted octanol–water partition coefficient (Wildman–Crippen LogP) is 1.22. The van der Waals surface area contributed by atoms with Gasteiger partial charge < -0.3 is 4.74 Å². The van der Waals surface area contributed by atoms with E-state index in [0.717, 1.165) is 5.56 Å². The van der Waals surface area contributed by atoms with E-state index in [0.29, 0.717) is 0 Å². The first-order valence-electron chi connectivity index (χ1n) is 4.51. The zero-order valence-corrected chi connectivity index (χ0v) is 7.96. The smallest absolute Gasteiger partial charge is 0.376 e. The Bertz CT molecular complexity index is 410. The summed E-state index contributed by atoms with van der Waals surface area (Å²) < 4.78 is 5.01. The highest BCUT2D eigenvalue weighted by atomic mass is 16.5. The molecule has 1 aromatic carbocycles. The van der Waals surface area contributed by atoms with Gasteiger partial charge in [-0.2, -0.15) is 0 Å². The van der Waals surface area contributed by atoms with Crippen molar-refractivity contribution in [2.24, 2.45) is 4.99 Å². The van der Waals surface area contributed by atoms with Crippen molar-refractivity contribution < 1.29 is 9.53 Å². The number of carbonyl (C=O) groups is 1. The zero-order chi connectivity index (χ0) is 10.5. The monoisotopic (exact) mass is 201 g/mol. The number of hydrogen-bond acceptors (Lipinski definition) is 3. The standard InChI is InChI=1S/C11H9N2O2/c14-11(10-12-6-7-13-10)15-8-9-4-2-1-3-5-9/h1-7H,8H2. The lowest BCUT2D eigenvalue weighted by Crippen LogP contribution is -2.22. The molecule has 0 saturated heterocycles. The van der Waals surface area contributed by atoms with Gasteiger partial charge in [-0.3, -0.25) is 0 Å². The lowest BCUT2D eigenvalue weighted by molar-refractivity contribution is -0.137. The van der Waals surface area contributed by atoms with Gasteiger partial charge in [-0.15, -0.1) is 0 Å². The Morgan fingerprint density at radius 3 is 2.67 bits per heavy atom. The fourth-order valence-corrected chi connectivity index (χ4v) is 1.13. The number of nitrogens with zero attached hydrogens (tertiary/aromatic N) is 2. The Kier molecular flexibility index (Phi) is 2.78. The topological polar surface area (TPSA) is 52.8 Å². The first-order valence-corrected chi connectivity index (χ1v) is 4.51. The van der Waals surface area contributed by atoms with Crippen LogP contribution in [0.5, 0.6) is 0 Å². The Balaban J connectivity index is 1.86. The molecule has 1 aliphatic heterocycles. The van der Waals surface area contributed by atoms with Crippen LogP contribution in [0.15, 0.2) is 47.7 Å². The maximum absolute atomic E-state index is 11.3. The predicted molar refractivity (Wildman–Crippen MR) is 54.9 cm³/mol. The van der Waals surface area contributed by atoms with Gasteiger partial charge >= 0.3 is 5.97 Å². The van der Waals surface area contributed by atoms with E-state index in [1.807, 2.05) is 30.3 Å². The molecular weight excluding hydrogens is 192 g/mol. The first-order chi connectivity index (χ1) is 7.36. The highest BCUT2D eigenvalue weighted by Crippen LogP contribution is 2.02. The Labute approximate surface area is 87.3 Å². The molecule has 0 aromatic heterocycles. The van der Waals surface area contributed by atoms with Crippen molar-refractivity contribution in [2.45, 2.75) is 6.61 Å². The number of esters is 1. The molecule has 0 N–H and O–H groups in total. The van der Waals surface area contributed by atoms with Crippen molar-refractivity contribution in [1.82, 2.24) is 5.32 Å². The number of benzene rings is 1. The third-order valence-electron chi connectivity index (χ3n) is 1.86. The van der Waals surface area contributed by atoms with E-state index in [4.69, 9.17) is 4.74 Å². The molecule has 0 fully saturated rings. The van der Waals surface area contributed by atoms with Crippen LogP contribution in [0.2, 0.25) is 0 Å². The average molecular weight is 201 g/mol. The van der Waals surface area contributed by atoms with E-state index < -0.39 is 5.97 Å². The molecule has 75 valence electrons. The number of hydrogen-bond donors (Lipinski definition) is 0. The molecule has 0 bridgehead atoms. The van der Waals surface area contributed by atoms with Crippen molar-refractivity contribution >= 4 is 11.8 Å². The number of carbonyl (C=O) groups excluding carboxylic acids is 1. The van der Waals surface area contributed by atoms with Crippen LogP contribution in [0.1, 0.15) is 5.56 Å². The molecule has 1 aromatic rings. The lowest BCUT2D eigenvalue weighted by atomic mass is 10.2. The lowest BCUT2D eigenvalue weighted by Gasteiger charge is -2.03. The minimum Gasteiger partial charge on any atom is -0.455 e. The number of ether oxygens (including phenoxy) is 1. The number of aliphatic imine (C=N–C) groups is 1. The van der Waals surface area contributed by atoms with E-state index >= 15 is 0 Å². The van der Waals surface area contributed by atoms with Crippen molar-refractivity contribution in [3.63, 3.8) is 0 Å². The first kappa shape index (κ1) is 9.45. The second-order valence-electron chi connectivity index (χ2n) is 2.94. The van der Waals surface area contributed by atoms with Gasteiger partial charge in [0.1, 0.15) is 6.61 Å². The van der Waals surface area contributed by atoms with Crippen molar-refractivity contribution in [3.05, 3.63) is 48.3 Å². The summed E-state index contributed by atoms with van der Waals surface area (Å²) in [6.45, 7) is 0.244. The molecule has 4 nitrogen and oxygen atoms in total. The summed E-state index contributed by atoms with van der Waals surface area (Å²) >= 11 is 0. The van der Waals surface area contributed by atoms with Gasteiger partial charge in [-0.05, 0) is 5.56 Å². The molecule has 1 heterocycles. The van der Waals surface area contributed by atoms with Gasteiger partial charge in [0.25, 0.3) is 0 Å². The Morgan fingerprint density at radius 2 is 2.00 bits per heavy atom. The Hall–Kier alpha value is -2.10. The van der Waals surface area contributed by atoms with Gasteiger partial charge in [0.2, 0.25) is 5.84 Å². The quantitative estimate of drug-likeness (QED) is 0.690. The van der Waals surface area contributed by atoms with Crippen LogP contribution in [-0.4, -0.2) is 11.8 Å². The zero-order valence-electron chi connectivity index (χ0n) is 7.96. The van der Waals surface area contributed by atoms with E-state index in [1.165, 1.54) is 12.4 Å². The molecule has 1 aliphatic rings. The van der Waals surface area contributed by atoms with Crippen molar-refractivity contribution in [3.8, 4) is 0 Å². The van der Waals surface area contributed by atoms with Crippen molar-refractivity contribution in [2.75, 3.05) is 0 Å². The van der Waals surface area contributed by atoms with Crippen LogP contribution in [0.25, 0.3) is 0 Å². The molecule has 0 spiro atoms. The summed E-state index contributed by atoms with van der Waals surface area (Å²) in [6.07, 6.45) is 2.91. The fraction of sp³-hybridized carbons (Fsp3) is 0.0909. The SMILES string of the molecule is O=C(OCc1ccccc1)C1=NC=C[N]1. The number of amidine groups is 1. The minimum atomic E-state index is -0.496. The van der Waals surface area contributed by atoms with Crippen LogP contribution in [0.3, 0.4) is 0 Å². The molecule has 1 radical (unpaired) electrons. The van der Waals surface area contributed by atoms with Gasteiger partial charge in [0, 0.05) is 12.4 Å². The third-order valence-corrected chi connectivity index (χ3v) is 1.86. The third kappa shape index (κ3) is 2.43. The van der Waals surface area contributed by atoms with Crippen LogP contribution in [0.4, 0.5) is 0 Å². The van der Waals surface area contributed by atoms with Crippen LogP contribution in [-0.2, 0) is 16.1 Å². The van der Waals surface area contributed by atoms with Crippen LogP contribution < -0.4 is 5.32 Å². The van der Waals surface area contributed by atoms with E-state index in [2.05, 4.69) is 10.3 Å². The van der Waals surface area contributed by atoms with Gasteiger partial charge in [0.15, 0.2) is 0 Å². The maximum Gasteiger partial charge on any atom is 0.376 e. The summed E-state index contributed by atoms with van der Waals surface area (Å²) in [5, 5.41) is 3.74. The fourth-order valence-electron chi connectivity index (χ4n) is 1.13. The second-order valence-corrected chi connectivity index (χ2v) is 2.94. The van der Waals surface area contributed by atoms with E-state index in [-0.39, 0.29) is 12.4 Å². The number of rotatable bonds is 3. The van der Waals surface area contributed by atoms with Crippen LogP contribution in [0, 0.1) is 0 Å². The molecule has 2 rings (SSSR count). The molecule has 0 atom stereocenters. The molecule has 0 amide bonds. The van der Waals surface area contributed by atoms with E-state index in [9.17, 15) is 4.79 Å². The molecule has 15 heavy (non-hydrogen) atoms. The Morgan fingerprint density at radius 1 is 1.20 bits per heavy atom. The molecule has 0 saturated carbocycles. The summed E-state index contributed by atoms with van der Waals surface area (Å²) in [4.78, 5) is 15.1. The van der Waals surface area contributed by atoms with Crippen molar-refractivity contribution in [1.29, 1.82) is 0 Å². The molecule has 4 heteroatoms. The summed E-state index contributed by atoms with van der Waals surface area (Å²) in [6, 6.07) is 9.47. The molecular formula is C11H9N2O2. The summed E-state index contributed by atoms with van der Waals surface area (Å²) in [7, 11) is 0. The van der Waals surface area contributed by atoms with Gasteiger partial charge in [0.05, 0.1) is 0 Å². The second kappa shape index (κ2) is 4.41. The minimum absolute atomic E-state index is 0.103.